The first-order valence-electron chi connectivity index (χ1n) is 7.48. The van der Waals surface area contributed by atoms with Crippen molar-refractivity contribution in [2.75, 3.05) is 11.9 Å². The predicted molar refractivity (Wildman–Crippen MR) is 85.8 cm³/mol. The van der Waals surface area contributed by atoms with Crippen LogP contribution in [-0.4, -0.2) is 43.0 Å². The van der Waals surface area contributed by atoms with Crippen molar-refractivity contribution >= 4 is 23.3 Å². The van der Waals surface area contributed by atoms with Crippen LogP contribution in [0.4, 0.5) is 11.4 Å². The molecule has 0 aliphatic heterocycles. The molecule has 0 spiro atoms. The van der Waals surface area contributed by atoms with Crippen molar-refractivity contribution in [3.8, 4) is 0 Å². The second-order valence-corrected chi connectivity index (χ2v) is 5.21. The number of aromatic nitrogens is 4. The first-order valence-corrected chi connectivity index (χ1v) is 7.48. The van der Waals surface area contributed by atoms with Crippen LogP contribution in [-0.2, 0) is 27.4 Å². The maximum Gasteiger partial charge on any atom is 0.327 e. The fourth-order valence-electron chi connectivity index (χ4n) is 2.22. The molecule has 0 saturated heterocycles. The third-order valence-electron chi connectivity index (χ3n) is 3.37. The number of anilines is 1. The summed E-state index contributed by atoms with van der Waals surface area (Å²) in [5.41, 5.74) is 1.44. The van der Waals surface area contributed by atoms with Crippen molar-refractivity contribution in [1.82, 2.24) is 19.6 Å². The van der Waals surface area contributed by atoms with E-state index in [9.17, 15) is 19.7 Å². The molecule has 25 heavy (non-hydrogen) atoms. The molecular weight excluding hydrogens is 332 g/mol. The zero-order valence-corrected chi connectivity index (χ0v) is 14.1. The molecule has 2 heterocycles. The molecule has 11 heteroatoms. The number of rotatable bonds is 7. The molecule has 11 nitrogen and oxygen atoms in total. The lowest BCUT2D eigenvalue weighted by atomic mass is 10.3. The van der Waals surface area contributed by atoms with Gasteiger partial charge >= 0.3 is 11.7 Å². The smallest absolute Gasteiger partial charge is 0.327 e. The molecule has 2 aromatic rings. The van der Waals surface area contributed by atoms with Gasteiger partial charge in [0.1, 0.15) is 25.5 Å². The Bertz CT molecular complexity index is 809. The fraction of sp³-hybridized carbons (Fsp3) is 0.429. The molecule has 1 amide bonds. The number of hydrogen-bond donors (Lipinski definition) is 1. The Labute approximate surface area is 142 Å². The molecule has 134 valence electrons. The summed E-state index contributed by atoms with van der Waals surface area (Å²) < 4.78 is 7.49. The Morgan fingerprint density at radius 3 is 2.68 bits per heavy atom. The third-order valence-corrected chi connectivity index (χ3v) is 3.37. The van der Waals surface area contributed by atoms with E-state index in [-0.39, 0.29) is 25.4 Å². The minimum absolute atomic E-state index is 0.0538. The Morgan fingerprint density at radius 1 is 1.36 bits per heavy atom. The average molecular weight is 350 g/mol. The Balaban J connectivity index is 2.06. The maximum absolute atomic E-state index is 12.1. The number of carbonyl (C=O) groups is 2. The van der Waals surface area contributed by atoms with Crippen molar-refractivity contribution in [2.45, 2.75) is 33.9 Å². The van der Waals surface area contributed by atoms with E-state index in [0.29, 0.717) is 17.1 Å². The van der Waals surface area contributed by atoms with Gasteiger partial charge in [-0.2, -0.15) is 10.2 Å². The minimum atomic E-state index is -0.588. The van der Waals surface area contributed by atoms with Gasteiger partial charge in [-0.25, -0.2) is 0 Å². The van der Waals surface area contributed by atoms with Crippen molar-refractivity contribution < 1.29 is 19.2 Å². The highest BCUT2D eigenvalue weighted by atomic mass is 16.6. The lowest BCUT2D eigenvalue weighted by Crippen LogP contribution is -2.20. The normalized spacial score (nSPS) is 10.5. The summed E-state index contributed by atoms with van der Waals surface area (Å²) >= 11 is 0. The quantitative estimate of drug-likeness (QED) is 0.443. The van der Waals surface area contributed by atoms with E-state index in [0.717, 1.165) is 6.20 Å². The topological polar surface area (TPSA) is 134 Å². The molecule has 0 unspecified atom stereocenters. The zero-order valence-electron chi connectivity index (χ0n) is 14.1. The van der Waals surface area contributed by atoms with Gasteiger partial charge in [-0.3, -0.25) is 29.1 Å². The lowest BCUT2D eigenvalue weighted by Gasteiger charge is -2.07. The van der Waals surface area contributed by atoms with Crippen molar-refractivity contribution in [3.05, 3.63) is 33.9 Å². The number of hydrogen-bond acceptors (Lipinski definition) is 7. The van der Waals surface area contributed by atoms with Gasteiger partial charge in [0.25, 0.3) is 0 Å². The molecule has 0 radical (unpaired) electrons. The van der Waals surface area contributed by atoms with E-state index in [2.05, 4.69) is 15.5 Å². The van der Waals surface area contributed by atoms with Crippen LogP contribution in [0, 0.1) is 24.0 Å². The minimum Gasteiger partial charge on any atom is -0.465 e. The van der Waals surface area contributed by atoms with Crippen LogP contribution in [0.3, 0.4) is 0 Å². The van der Waals surface area contributed by atoms with Gasteiger partial charge in [0.05, 0.1) is 28.6 Å². The molecule has 0 fully saturated rings. The Morgan fingerprint density at radius 2 is 2.08 bits per heavy atom. The molecule has 0 saturated carbocycles. The van der Waals surface area contributed by atoms with E-state index >= 15 is 0 Å². The Hall–Kier alpha value is -3.24. The Kier molecular flexibility index (Phi) is 5.47. The largest absolute Gasteiger partial charge is 0.465 e. The van der Waals surface area contributed by atoms with Gasteiger partial charge in [-0.1, -0.05) is 0 Å². The fourth-order valence-corrected chi connectivity index (χ4v) is 2.22. The van der Waals surface area contributed by atoms with Crippen LogP contribution in [0.25, 0.3) is 0 Å². The van der Waals surface area contributed by atoms with E-state index in [1.165, 1.54) is 15.6 Å². The van der Waals surface area contributed by atoms with Crippen LogP contribution in [0.1, 0.15) is 18.3 Å². The third kappa shape index (κ3) is 4.40. The molecule has 0 aromatic carbocycles. The van der Waals surface area contributed by atoms with Gasteiger partial charge in [-0.05, 0) is 20.8 Å². The summed E-state index contributed by atoms with van der Waals surface area (Å²) in [5.74, 6) is -0.838. The lowest BCUT2D eigenvalue weighted by molar-refractivity contribution is -0.385. The standard InChI is InChI=1S/C14H18N6O5/c1-4-25-13(22)8-19-10(3)14(9(2)17-19)16-12(21)7-18-6-11(5-15-18)20(23)24/h5-6H,4,7-8H2,1-3H3,(H,16,21). The highest BCUT2D eigenvalue weighted by Gasteiger charge is 2.17. The second-order valence-electron chi connectivity index (χ2n) is 5.21. The van der Waals surface area contributed by atoms with Gasteiger partial charge in [0.2, 0.25) is 5.91 Å². The van der Waals surface area contributed by atoms with E-state index in [1.807, 2.05) is 0 Å². The number of nitrogens with zero attached hydrogens (tertiary/aromatic N) is 5. The molecule has 1 N–H and O–H groups in total. The van der Waals surface area contributed by atoms with Crippen molar-refractivity contribution in [2.24, 2.45) is 0 Å². The zero-order chi connectivity index (χ0) is 18.6. The molecular formula is C14H18N6O5. The number of esters is 1. The first kappa shape index (κ1) is 18.1. The number of nitro groups is 1. The van der Waals surface area contributed by atoms with Crippen LogP contribution in [0.5, 0.6) is 0 Å². The van der Waals surface area contributed by atoms with Gasteiger partial charge in [0, 0.05) is 0 Å². The summed E-state index contributed by atoms with van der Waals surface area (Å²) in [6.07, 6.45) is 2.24. The van der Waals surface area contributed by atoms with Crippen LogP contribution in [0.2, 0.25) is 0 Å². The maximum atomic E-state index is 12.1. The van der Waals surface area contributed by atoms with Crippen LogP contribution in [0.15, 0.2) is 12.4 Å². The number of amides is 1. The number of carbonyl (C=O) groups excluding carboxylic acids is 2. The molecule has 2 aromatic heterocycles. The molecule has 2 rings (SSSR count). The first-order chi connectivity index (χ1) is 11.8. The van der Waals surface area contributed by atoms with E-state index in [1.54, 1.807) is 20.8 Å². The van der Waals surface area contributed by atoms with Gasteiger partial charge in [-0.15, -0.1) is 0 Å². The molecule has 0 aliphatic rings. The van der Waals surface area contributed by atoms with Crippen molar-refractivity contribution in [1.29, 1.82) is 0 Å². The number of ether oxygens (including phenoxy) is 1. The summed E-state index contributed by atoms with van der Waals surface area (Å²) in [5, 5.41) is 21.3. The SMILES string of the molecule is CCOC(=O)Cn1nc(C)c(NC(=O)Cn2cc([N+](=O)[O-])cn2)c1C. The number of nitrogens with one attached hydrogen (secondary N) is 1. The second kappa shape index (κ2) is 7.55. The predicted octanol–water partition coefficient (Wildman–Crippen LogP) is 0.806. The highest BCUT2D eigenvalue weighted by Crippen LogP contribution is 2.19. The van der Waals surface area contributed by atoms with Crippen LogP contribution >= 0.6 is 0 Å². The van der Waals surface area contributed by atoms with Gasteiger partial charge < -0.3 is 10.1 Å². The van der Waals surface area contributed by atoms with E-state index < -0.39 is 16.8 Å². The van der Waals surface area contributed by atoms with Crippen molar-refractivity contribution in [3.63, 3.8) is 0 Å². The molecule has 0 bridgehead atoms. The summed E-state index contributed by atoms with van der Waals surface area (Å²) in [6, 6.07) is 0. The van der Waals surface area contributed by atoms with E-state index in [4.69, 9.17) is 4.74 Å². The summed E-state index contributed by atoms with van der Waals surface area (Å²) in [4.78, 5) is 33.7. The monoisotopic (exact) mass is 350 g/mol. The average Bonchev–Trinajstić information content (AvgIpc) is 3.08. The molecule has 0 atom stereocenters. The summed E-state index contributed by atoms with van der Waals surface area (Å²) in [7, 11) is 0. The summed E-state index contributed by atoms with van der Waals surface area (Å²) in [6.45, 7) is 5.16. The van der Waals surface area contributed by atoms with Crippen LogP contribution < -0.4 is 5.32 Å². The van der Waals surface area contributed by atoms with Gasteiger partial charge in [0.15, 0.2) is 0 Å². The number of aryl methyl sites for hydroxylation is 1. The molecule has 0 aliphatic carbocycles. The highest BCUT2D eigenvalue weighted by molar-refractivity contribution is 5.91.